The van der Waals surface area contributed by atoms with Crippen molar-refractivity contribution in [1.29, 1.82) is 0 Å². The molecule has 0 saturated heterocycles. The quantitative estimate of drug-likeness (QED) is 0.718. The van der Waals surface area contributed by atoms with Gasteiger partial charge in [-0.25, -0.2) is 0 Å². The van der Waals surface area contributed by atoms with Crippen LogP contribution in [-0.4, -0.2) is 41.8 Å². The lowest BCUT2D eigenvalue weighted by molar-refractivity contribution is -0.139. The van der Waals surface area contributed by atoms with Gasteiger partial charge in [0, 0.05) is 18.4 Å². The Morgan fingerprint density at radius 2 is 2.26 bits per heavy atom. The van der Waals surface area contributed by atoms with Crippen molar-refractivity contribution in [1.82, 2.24) is 0 Å². The van der Waals surface area contributed by atoms with Crippen molar-refractivity contribution in [2.45, 2.75) is 18.9 Å². The monoisotopic (exact) mass is 264 g/mol. The molecule has 0 aromatic heterocycles. The second-order valence-corrected chi connectivity index (χ2v) is 4.53. The number of carbonyl (C=O) groups is 2. The number of nitrogens with zero attached hydrogens (tertiary/aromatic N) is 1. The molecule has 0 aliphatic carbocycles. The molecule has 1 heterocycles. The third kappa shape index (κ3) is 2.85. The van der Waals surface area contributed by atoms with E-state index in [0.29, 0.717) is 0 Å². The molecule has 0 spiro atoms. The minimum absolute atomic E-state index is 0.0109. The van der Waals surface area contributed by atoms with E-state index in [9.17, 15) is 14.7 Å². The zero-order chi connectivity index (χ0) is 14.0. The molecule has 102 valence electrons. The van der Waals surface area contributed by atoms with Crippen molar-refractivity contribution >= 4 is 23.3 Å². The van der Waals surface area contributed by atoms with Gasteiger partial charge < -0.3 is 20.4 Å². The maximum Gasteiger partial charge on any atom is 0.306 e. The van der Waals surface area contributed by atoms with Crippen molar-refractivity contribution in [3.8, 4) is 0 Å². The zero-order valence-corrected chi connectivity index (χ0v) is 10.6. The highest BCUT2D eigenvalue weighted by Crippen LogP contribution is 2.31. The Bertz CT molecular complexity index is 515. The number of amides is 1. The average molecular weight is 264 g/mol. The third-order valence-electron chi connectivity index (χ3n) is 3.11. The van der Waals surface area contributed by atoms with Crippen LogP contribution in [-0.2, 0) is 16.0 Å². The van der Waals surface area contributed by atoms with E-state index >= 15 is 0 Å². The van der Waals surface area contributed by atoms with Gasteiger partial charge in [-0.1, -0.05) is 0 Å². The van der Waals surface area contributed by atoms with Crippen LogP contribution in [0.1, 0.15) is 12.0 Å². The van der Waals surface area contributed by atoms with E-state index in [2.05, 4.69) is 5.32 Å². The molecule has 1 atom stereocenters. The van der Waals surface area contributed by atoms with Gasteiger partial charge >= 0.3 is 5.97 Å². The predicted molar refractivity (Wildman–Crippen MR) is 70.3 cm³/mol. The number of aliphatic carboxylic acids is 1. The Balaban J connectivity index is 2.16. The van der Waals surface area contributed by atoms with Gasteiger partial charge in [0.1, 0.15) is 0 Å². The lowest BCUT2D eigenvalue weighted by Gasteiger charge is -2.20. The summed E-state index contributed by atoms with van der Waals surface area (Å²) in [5.74, 6) is -1.20. The number of benzene rings is 1. The van der Waals surface area contributed by atoms with Gasteiger partial charge in [-0.15, -0.1) is 0 Å². The minimum atomic E-state index is -1.08. The second kappa shape index (κ2) is 5.27. The summed E-state index contributed by atoms with van der Waals surface area (Å²) in [5.41, 5.74) is 2.55. The predicted octanol–water partition coefficient (Wildman–Crippen LogP) is 0.453. The second-order valence-electron chi connectivity index (χ2n) is 4.53. The van der Waals surface area contributed by atoms with E-state index in [-0.39, 0.29) is 25.3 Å². The molecule has 0 radical (unpaired) electrons. The molecule has 0 bridgehead atoms. The number of carbonyl (C=O) groups excluding carboxylic acids is 1. The first-order valence-electron chi connectivity index (χ1n) is 6.02. The molecule has 1 aromatic carbocycles. The Morgan fingerprint density at radius 3 is 2.89 bits per heavy atom. The van der Waals surface area contributed by atoms with Gasteiger partial charge in [-0.05, 0) is 23.8 Å². The molecular weight excluding hydrogens is 248 g/mol. The minimum Gasteiger partial charge on any atom is -0.481 e. The van der Waals surface area contributed by atoms with E-state index in [1.807, 2.05) is 12.1 Å². The van der Waals surface area contributed by atoms with Crippen molar-refractivity contribution in [3.63, 3.8) is 0 Å². The number of aliphatic hydroxyl groups is 1. The van der Waals surface area contributed by atoms with E-state index in [0.717, 1.165) is 16.9 Å². The molecule has 6 heteroatoms. The van der Waals surface area contributed by atoms with Gasteiger partial charge in [0.05, 0.1) is 25.5 Å². The molecule has 6 nitrogen and oxygen atoms in total. The molecule has 1 aliphatic heterocycles. The summed E-state index contributed by atoms with van der Waals surface area (Å²) in [6.07, 6.45) is -1.14. The largest absolute Gasteiger partial charge is 0.481 e. The highest BCUT2D eigenvalue weighted by atomic mass is 16.4. The van der Waals surface area contributed by atoms with Gasteiger partial charge in [-0.3, -0.25) is 9.59 Å². The van der Waals surface area contributed by atoms with Gasteiger partial charge in [0.25, 0.3) is 0 Å². The number of carboxylic acid groups (broad SMARTS) is 1. The SMILES string of the molecule is CNc1ccc2c(c1)CC(=O)N2CC(O)CC(=O)O. The van der Waals surface area contributed by atoms with Crippen LogP contribution in [0.3, 0.4) is 0 Å². The topological polar surface area (TPSA) is 89.9 Å². The molecule has 0 saturated carbocycles. The van der Waals surface area contributed by atoms with Crippen LogP contribution >= 0.6 is 0 Å². The first kappa shape index (κ1) is 13.4. The number of nitrogens with one attached hydrogen (secondary N) is 1. The molecule has 19 heavy (non-hydrogen) atoms. The maximum atomic E-state index is 11.9. The smallest absolute Gasteiger partial charge is 0.306 e. The van der Waals surface area contributed by atoms with Gasteiger partial charge in [-0.2, -0.15) is 0 Å². The van der Waals surface area contributed by atoms with Crippen LogP contribution in [0.15, 0.2) is 18.2 Å². The highest BCUT2D eigenvalue weighted by Gasteiger charge is 2.29. The van der Waals surface area contributed by atoms with Crippen molar-refractivity contribution in [3.05, 3.63) is 23.8 Å². The standard InChI is InChI=1S/C13H16N2O4/c1-14-9-2-3-11-8(4-9)5-12(17)15(11)7-10(16)6-13(18)19/h2-4,10,14,16H,5-7H2,1H3,(H,18,19). The van der Waals surface area contributed by atoms with Crippen LogP contribution in [0.25, 0.3) is 0 Å². The lowest BCUT2D eigenvalue weighted by Crippen LogP contribution is -2.35. The summed E-state index contributed by atoms with van der Waals surface area (Å²) in [7, 11) is 1.80. The summed E-state index contributed by atoms with van der Waals surface area (Å²) in [6, 6.07) is 5.53. The molecule has 3 N–H and O–H groups in total. The number of aliphatic hydroxyl groups excluding tert-OH is 1. The molecule has 1 aliphatic rings. The van der Waals surface area contributed by atoms with E-state index in [1.165, 1.54) is 4.90 Å². The van der Waals surface area contributed by atoms with Crippen molar-refractivity contribution in [2.24, 2.45) is 0 Å². The zero-order valence-electron chi connectivity index (χ0n) is 10.6. The van der Waals surface area contributed by atoms with Crippen molar-refractivity contribution in [2.75, 3.05) is 23.8 Å². The Kier molecular flexibility index (Phi) is 3.71. The maximum absolute atomic E-state index is 11.9. The highest BCUT2D eigenvalue weighted by molar-refractivity contribution is 6.01. The normalized spacial score (nSPS) is 15.3. The summed E-state index contributed by atoms with van der Waals surface area (Å²) < 4.78 is 0. The molecule has 1 aromatic rings. The fourth-order valence-electron chi connectivity index (χ4n) is 2.22. The summed E-state index contributed by atoms with van der Waals surface area (Å²) in [4.78, 5) is 23.9. The Morgan fingerprint density at radius 1 is 1.53 bits per heavy atom. The number of hydrogen-bond donors (Lipinski definition) is 3. The van der Waals surface area contributed by atoms with E-state index < -0.39 is 12.1 Å². The molecule has 0 fully saturated rings. The lowest BCUT2D eigenvalue weighted by atomic mass is 10.1. The fraction of sp³-hybridized carbons (Fsp3) is 0.385. The number of β-amino-alcohol motifs (C(OH)–C–C–N with tert-alkyl or cyclic N) is 1. The van der Waals surface area contributed by atoms with Gasteiger partial charge in [0.2, 0.25) is 5.91 Å². The van der Waals surface area contributed by atoms with Gasteiger partial charge in [0.15, 0.2) is 0 Å². The molecule has 1 amide bonds. The van der Waals surface area contributed by atoms with E-state index in [1.54, 1.807) is 13.1 Å². The van der Waals surface area contributed by atoms with Crippen LogP contribution in [0.4, 0.5) is 11.4 Å². The number of carboxylic acids is 1. The first-order valence-corrected chi connectivity index (χ1v) is 6.02. The van der Waals surface area contributed by atoms with E-state index in [4.69, 9.17) is 5.11 Å². The Hall–Kier alpha value is -2.08. The summed E-state index contributed by atoms with van der Waals surface area (Å²) >= 11 is 0. The summed E-state index contributed by atoms with van der Waals surface area (Å²) in [6.45, 7) is 0.0109. The molecular formula is C13H16N2O4. The summed E-state index contributed by atoms with van der Waals surface area (Å²) in [5, 5.41) is 21.2. The number of rotatable bonds is 5. The number of hydrogen-bond acceptors (Lipinski definition) is 4. The molecule has 1 unspecified atom stereocenters. The third-order valence-corrected chi connectivity index (χ3v) is 3.11. The fourth-order valence-corrected chi connectivity index (χ4v) is 2.22. The van der Waals surface area contributed by atoms with Crippen LogP contribution in [0, 0.1) is 0 Å². The van der Waals surface area contributed by atoms with Crippen molar-refractivity contribution < 1.29 is 19.8 Å². The number of fused-ring (bicyclic) bond motifs is 1. The number of anilines is 2. The van der Waals surface area contributed by atoms with Crippen LogP contribution < -0.4 is 10.2 Å². The van der Waals surface area contributed by atoms with Crippen LogP contribution in [0.2, 0.25) is 0 Å². The Labute approximate surface area is 110 Å². The van der Waals surface area contributed by atoms with Crippen LogP contribution in [0.5, 0.6) is 0 Å². The molecule has 2 rings (SSSR count). The average Bonchev–Trinajstić information content (AvgIpc) is 2.64. The first-order chi connectivity index (χ1) is 9.01.